The second kappa shape index (κ2) is 4.84. The summed E-state index contributed by atoms with van der Waals surface area (Å²) in [6, 6.07) is 7.53. The first-order chi connectivity index (χ1) is 8.08. The summed E-state index contributed by atoms with van der Waals surface area (Å²) in [5.41, 5.74) is 2.54. The molecule has 0 saturated carbocycles. The van der Waals surface area contributed by atoms with E-state index < -0.39 is 0 Å². The quantitative estimate of drug-likeness (QED) is 0.816. The lowest BCUT2D eigenvalue weighted by molar-refractivity contribution is 0.0991. The monoisotopic (exact) mass is 292 g/mol. The zero-order valence-electron chi connectivity index (χ0n) is 9.77. The van der Waals surface area contributed by atoms with Crippen LogP contribution in [-0.4, -0.2) is 15.6 Å². The van der Waals surface area contributed by atoms with Crippen molar-refractivity contribution >= 4 is 21.7 Å². The van der Waals surface area contributed by atoms with Crippen LogP contribution in [0.4, 0.5) is 0 Å². The number of nitrogens with zero attached hydrogens (tertiary/aromatic N) is 2. The van der Waals surface area contributed by atoms with Crippen molar-refractivity contribution in [1.29, 1.82) is 0 Å². The Morgan fingerprint density at radius 3 is 2.82 bits per heavy atom. The molecule has 0 amide bonds. The first kappa shape index (κ1) is 12.0. The number of carbonyl (C=O) groups is 1. The summed E-state index contributed by atoms with van der Waals surface area (Å²) in [5, 5.41) is 4.21. The van der Waals surface area contributed by atoms with Gasteiger partial charge in [-0.2, -0.15) is 5.10 Å². The van der Waals surface area contributed by atoms with E-state index in [2.05, 4.69) is 21.0 Å². The fraction of sp³-hybridized carbons (Fsp3) is 0.231. The molecule has 0 bridgehead atoms. The van der Waals surface area contributed by atoms with E-state index in [0.29, 0.717) is 6.42 Å². The van der Waals surface area contributed by atoms with Crippen molar-refractivity contribution in [2.24, 2.45) is 7.05 Å². The smallest absolute Gasteiger partial charge is 0.169 e. The zero-order chi connectivity index (χ0) is 12.4. The molecule has 0 spiro atoms. The van der Waals surface area contributed by atoms with E-state index in [0.717, 1.165) is 21.3 Å². The van der Waals surface area contributed by atoms with Crippen LogP contribution in [0.15, 0.2) is 34.9 Å². The van der Waals surface area contributed by atoms with Crippen LogP contribution in [0.1, 0.15) is 21.6 Å². The topological polar surface area (TPSA) is 34.9 Å². The lowest BCUT2D eigenvalue weighted by Gasteiger charge is -2.05. The lowest BCUT2D eigenvalue weighted by Crippen LogP contribution is -2.06. The average molecular weight is 293 g/mol. The Morgan fingerprint density at radius 2 is 2.18 bits per heavy atom. The minimum atomic E-state index is 0.0995. The van der Waals surface area contributed by atoms with Crippen molar-refractivity contribution < 1.29 is 4.79 Å². The van der Waals surface area contributed by atoms with Gasteiger partial charge in [0.2, 0.25) is 0 Å². The van der Waals surface area contributed by atoms with Crippen LogP contribution in [0.3, 0.4) is 0 Å². The minimum absolute atomic E-state index is 0.0995. The number of hydrogen-bond donors (Lipinski definition) is 0. The molecule has 4 heteroatoms. The maximum Gasteiger partial charge on any atom is 0.169 e. The minimum Gasteiger partial charge on any atom is -0.294 e. The molecule has 17 heavy (non-hydrogen) atoms. The number of carbonyl (C=O) groups excluding carboxylic acids is 1. The van der Waals surface area contributed by atoms with Crippen LogP contribution in [-0.2, 0) is 13.5 Å². The first-order valence-electron chi connectivity index (χ1n) is 5.35. The number of aryl methyl sites for hydroxylation is 1. The molecule has 0 fully saturated rings. The van der Waals surface area contributed by atoms with Gasteiger partial charge in [-0.05, 0) is 24.6 Å². The Hall–Kier alpha value is -1.42. The molecule has 0 N–H and O–H groups in total. The standard InChI is InChI=1S/C13H13BrN2O/c1-9-11(4-3-5-12(9)14)13(17)8-10-6-7-16(2)15-10/h3-7H,8H2,1-2H3. The number of Topliss-reactive ketones (excluding diaryl/α,β-unsaturated/α-hetero) is 1. The van der Waals surface area contributed by atoms with Crippen molar-refractivity contribution in [3.63, 3.8) is 0 Å². The maximum atomic E-state index is 12.1. The molecule has 0 aliphatic rings. The fourth-order valence-corrected chi connectivity index (χ4v) is 2.09. The molecule has 0 saturated heterocycles. The molecule has 1 aromatic carbocycles. The van der Waals surface area contributed by atoms with Crippen molar-refractivity contribution in [2.75, 3.05) is 0 Å². The van der Waals surface area contributed by atoms with Crippen LogP contribution in [0.5, 0.6) is 0 Å². The highest BCUT2D eigenvalue weighted by atomic mass is 79.9. The summed E-state index contributed by atoms with van der Waals surface area (Å²) in [6.07, 6.45) is 2.19. The van der Waals surface area contributed by atoms with Gasteiger partial charge in [-0.1, -0.05) is 28.1 Å². The van der Waals surface area contributed by atoms with E-state index in [9.17, 15) is 4.79 Å². The van der Waals surface area contributed by atoms with Gasteiger partial charge in [0.25, 0.3) is 0 Å². The van der Waals surface area contributed by atoms with Gasteiger partial charge in [-0.25, -0.2) is 0 Å². The zero-order valence-corrected chi connectivity index (χ0v) is 11.4. The molecular formula is C13H13BrN2O. The van der Waals surface area contributed by atoms with Crippen LogP contribution in [0.25, 0.3) is 0 Å². The van der Waals surface area contributed by atoms with Crippen LogP contribution in [0, 0.1) is 6.92 Å². The number of benzene rings is 1. The Morgan fingerprint density at radius 1 is 1.41 bits per heavy atom. The van der Waals surface area contributed by atoms with E-state index in [-0.39, 0.29) is 5.78 Å². The summed E-state index contributed by atoms with van der Waals surface area (Å²) in [4.78, 5) is 12.1. The highest BCUT2D eigenvalue weighted by Gasteiger charge is 2.12. The van der Waals surface area contributed by atoms with E-state index >= 15 is 0 Å². The Labute approximate surface area is 109 Å². The predicted octanol–water partition coefficient (Wildman–Crippen LogP) is 2.92. The number of hydrogen-bond acceptors (Lipinski definition) is 2. The fourth-order valence-electron chi connectivity index (χ4n) is 1.73. The molecule has 3 nitrogen and oxygen atoms in total. The van der Waals surface area contributed by atoms with Gasteiger partial charge in [0.05, 0.1) is 12.1 Å². The molecule has 88 valence electrons. The molecule has 0 aliphatic heterocycles. The Bertz CT molecular complexity index is 560. The van der Waals surface area contributed by atoms with Crippen LogP contribution >= 0.6 is 15.9 Å². The van der Waals surface area contributed by atoms with Crippen molar-refractivity contribution in [2.45, 2.75) is 13.3 Å². The first-order valence-corrected chi connectivity index (χ1v) is 6.14. The van der Waals surface area contributed by atoms with Gasteiger partial charge in [0.1, 0.15) is 0 Å². The Kier molecular flexibility index (Phi) is 3.43. The second-order valence-electron chi connectivity index (χ2n) is 3.99. The highest BCUT2D eigenvalue weighted by molar-refractivity contribution is 9.10. The molecular weight excluding hydrogens is 280 g/mol. The van der Waals surface area contributed by atoms with Crippen molar-refractivity contribution in [1.82, 2.24) is 9.78 Å². The largest absolute Gasteiger partial charge is 0.294 e. The summed E-state index contributed by atoms with van der Waals surface area (Å²) in [6.45, 7) is 1.94. The third kappa shape index (κ3) is 2.64. The van der Waals surface area contributed by atoms with E-state index in [4.69, 9.17) is 0 Å². The lowest BCUT2D eigenvalue weighted by atomic mass is 10.0. The van der Waals surface area contributed by atoms with Crippen LogP contribution < -0.4 is 0 Å². The number of ketones is 1. The average Bonchev–Trinajstić information content (AvgIpc) is 2.68. The van der Waals surface area contributed by atoms with E-state index in [1.54, 1.807) is 4.68 Å². The number of rotatable bonds is 3. The molecule has 0 radical (unpaired) electrons. The summed E-state index contributed by atoms with van der Waals surface area (Å²) >= 11 is 3.43. The second-order valence-corrected chi connectivity index (χ2v) is 4.85. The van der Waals surface area contributed by atoms with Crippen molar-refractivity contribution in [3.8, 4) is 0 Å². The van der Waals surface area contributed by atoms with Crippen molar-refractivity contribution in [3.05, 3.63) is 51.8 Å². The van der Waals surface area contributed by atoms with Gasteiger partial charge in [0, 0.05) is 23.3 Å². The molecule has 1 aromatic heterocycles. The third-order valence-electron chi connectivity index (χ3n) is 2.68. The SMILES string of the molecule is Cc1c(Br)cccc1C(=O)Cc1ccn(C)n1. The molecule has 0 aliphatic carbocycles. The van der Waals surface area contributed by atoms with Gasteiger partial charge >= 0.3 is 0 Å². The molecule has 2 aromatic rings. The van der Waals surface area contributed by atoms with Gasteiger partial charge in [-0.3, -0.25) is 9.48 Å². The highest BCUT2D eigenvalue weighted by Crippen LogP contribution is 2.20. The van der Waals surface area contributed by atoms with E-state index in [1.165, 1.54) is 0 Å². The molecule has 0 unspecified atom stereocenters. The normalized spacial score (nSPS) is 10.5. The summed E-state index contributed by atoms with van der Waals surface area (Å²) in [7, 11) is 1.85. The Balaban J connectivity index is 2.23. The number of aromatic nitrogens is 2. The number of halogens is 1. The summed E-state index contributed by atoms with van der Waals surface area (Å²) in [5.74, 6) is 0.0995. The maximum absolute atomic E-state index is 12.1. The van der Waals surface area contributed by atoms with Gasteiger partial charge in [-0.15, -0.1) is 0 Å². The van der Waals surface area contributed by atoms with E-state index in [1.807, 2.05) is 44.4 Å². The van der Waals surface area contributed by atoms with Gasteiger partial charge < -0.3 is 0 Å². The molecule has 0 atom stereocenters. The molecule has 1 heterocycles. The predicted molar refractivity (Wildman–Crippen MR) is 70.1 cm³/mol. The van der Waals surface area contributed by atoms with Gasteiger partial charge in [0.15, 0.2) is 5.78 Å². The van der Waals surface area contributed by atoms with Crippen LogP contribution in [0.2, 0.25) is 0 Å². The molecule has 2 rings (SSSR count). The third-order valence-corrected chi connectivity index (χ3v) is 3.54. The summed E-state index contributed by atoms with van der Waals surface area (Å²) < 4.78 is 2.67.